The van der Waals surface area contributed by atoms with Crippen LogP contribution in [0.3, 0.4) is 0 Å². The van der Waals surface area contributed by atoms with E-state index in [0.29, 0.717) is 13.0 Å². The number of hydrogen-bond acceptors (Lipinski definition) is 3. The van der Waals surface area contributed by atoms with E-state index in [4.69, 9.17) is 5.73 Å². The maximum Gasteiger partial charge on any atom is 0.224 e. The Hall–Kier alpha value is -1.42. The Kier molecular flexibility index (Phi) is 5.10. The van der Waals surface area contributed by atoms with Crippen LogP contribution in [0.1, 0.15) is 32.3 Å². The van der Waals surface area contributed by atoms with Gasteiger partial charge < -0.3 is 11.1 Å². The topological polar surface area (TPSA) is 68.0 Å². The van der Waals surface area contributed by atoms with Crippen molar-refractivity contribution in [3.63, 3.8) is 0 Å². The largest absolute Gasteiger partial charge is 0.354 e. The van der Waals surface area contributed by atoms with Crippen molar-refractivity contribution in [2.45, 2.75) is 38.6 Å². The molecule has 94 valence electrons. The highest BCUT2D eigenvalue weighted by molar-refractivity contribution is 5.78. The van der Waals surface area contributed by atoms with E-state index in [-0.39, 0.29) is 11.4 Å². The van der Waals surface area contributed by atoms with Gasteiger partial charge in [-0.15, -0.1) is 0 Å². The fraction of sp³-hybridized carbons (Fsp3) is 0.538. The summed E-state index contributed by atoms with van der Waals surface area (Å²) >= 11 is 0. The molecule has 0 spiro atoms. The molecule has 0 atom stereocenters. The maximum atomic E-state index is 11.7. The predicted octanol–water partition coefficient (Wildman–Crippen LogP) is 1.26. The normalized spacial score (nSPS) is 11.2. The third kappa shape index (κ3) is 4.53. The lowest BCUT2D eigenvalue weighted by molar-refractivity contribution is -0.120. The smallest absolute Gasteiger partial charge is 0.224 e. The van der Waals surface area contributed by atoms with E-state index >= 15 is 0 Å². The van der Waals surface area contributed by atoms with E-state index in [9.17, 15) is 4.79 Å². The minimum Gasteiger partial charge on any atom is -0.354 e. The van der Waals surface area contributed by atoms with Crippen LogP contribution in [0.2, 0.25) is 0 Å². The zero-order valence-electron chi connectivity index (χ0n) is 10.6. The molecule has 1 aromatic heterocycles. The number of carbonyl (C=O) groups excluding carboxylic acids is 1. The fourth-order valence-corrected chi connectivity index (χ4v) is 1.53. The third-order valence-electron chi connectivity index (χ3n) is 3.13. The Balaban J connectivity index is 2.41. The molecule has 0 aliphatic rings. The van der Waals surface area contributed by atoms with Gasteiger partial charge in [0.2, 0.25) is 5.91 Å². The summed E-state index contributed by atoms with van der Waals surface area (Å²) in [7, 11) is 0. The highest BCUT2D eigenvalue weighted by Crippen LogP contribution is 2.09. The molecular formula is C13H21N3O. The lowest BCUT2D eigenvalue weighted by Gasteiger charge is -2.26. The summed E-state index contributed by atoms with van der Waals surface area (Å²) in [5, 5.41) is 2.88. The van der Waals surface area contributed by atoms with E-state index < -0.39 is 0 Å². The standard InChI is InChI=1S/C13H21N3O/c1-3-13(14,4-2)10-16-12(17)8-11-6-5-7-15-9-11/h5-7,9H,3-4,8,10,14H2,1-2H3,(H,16,17). The Bertz CT molecular complexity index is 347. The van der Waals surface area contributed by atoms with Crippen LogP contribution in [0.25, 0.3) is 0 Å². The molecule has 1 amide bonds. The summed E-state index contributed by atoms with van der Waals surface area (Å²) in [4.78, 5) is 15.7. The Labute approximate surface area is 103 Å². The van der Waals surface area contributed by atoms with Gasteiger partial charge in [-0.2, -0.15) is 0 Å². The van der Waals surface area contributed by atoms with Crippen LogP contribution in [-0.2, 0) is 11.2 Å². The third-order valence-corrected chi connectivity index (χ3v) is 3.13. The average Bonchev–Trinajstić information content (AvgIpc) is 2.37. The van der Waals surface area contributed by atoms with E-state index in [2.05, 4.69) is 10.3 Å². The molecule has 17 heavy (non-hydrogen) atoms. The first-order chi connectivity index (χ1) is 8.09. The molecule has 0 bridgehead atoms. The minimum atomic E-state index is -0.287. The van der Waals surface area contributed by atoms with Crippen LogP contribution in [0.4, 0.5) is 0 Å². The maximum absolute atomic E-state index is 11.7. The van der Waals surface area contributed by atoms with Gasteiger partial charge in [0.05, 0.1) is 6.42 Å². The second-order valence-electron chi connectivity index (χ2n) is 4.38. The number of amides is 1. The van der Waals surface area contributed by atoms with Crippen molar-refractivity contribution >= 4 is 5.91 Å². The molecule has 1 heterocycles. The first-order valence-corrected chi connectivity index (χ1v) is 6.04. The van der Waals surface area contributed by atoms with Crippen molar-refractivity contribution in [3.8, 4) is 0 Å². The SMILES string of the molecule is CCC(N)(CC)CNC(=O)Cc1cccnc1. The Morgan fingerprint density at radius 2 is 2.18 bits per heavy atom. The van der Waals surface area contributed by atoms with Crippen molar-refractivity contribution in [2.24, 2.45) is 5.73 Å². The number of aromatic nitrogens is 1. The predicted molar refractivity (Wildman–Crippen MR) is 68.5 cm³/mol. The molecule has 0 aromatic carbocycles. The molecule has 1 aromatic rings. The number of nitrogens with one attached hydrogen (secondary N) is 1. The van der Waals surface area contributed by atoms with Gasteiger partial charge in [0.15, 0.2) is 0 Å². The summed E-state index contributed by atoms with van der Waals surface area (Å²) in [6.07, 6.45) is 5.47. The van der Waals surface area contributed by atoms with Crippen LogP contribution in [0, 0.1) is 0 Å². The molecule has 0 aliphatic heterocycles. The number of pyridine rings is 1. The minimum absolute atomic E-state index is 0.00488. The van der Waals surface area contributed by atoms with Gasteiger partial charge in [-0.3, -0.25) is 9.78 Å². The second-order valence-corrected chi connectivity index (χ2v) is 4.38. The Morgan fingerprint density at radius 3 is 2.71 bits per heavy atom. The van der Waals surface area contributed by atoms with Crippen LogP contribution in [0.5, 0.6) is 0 Å². The summed E-state index contributed by atoms with van der Waals surface area (Å²) in [5.41, 5.74) is 6.74. The van der Waals surface area contributed by atoms with Crippen LogP contribution in [0.15, 0.2) is 24.5 Å². The number of nitrogens with two attached hydrogens (primary N) is 1. The number of rotatable bonds is 6. The lowest BCUT2D eigenvalue weighted by atomic mass is 9.94. The van der Waals surface area contributed by atoms with Crippen molar-refractivity contribution < 1.29 is 4.79 Å². The number of carbonyl (C=O) groups is 1. The van der Waals surface area contributed by atoms with E-state index in [1.807, 2.05) is 26.0 Å². The van der Waals surface area contributed by atoms with E-state index in [0.717, 1.165) is 18.4 Å². The molecule has 0 saturated carbocycles. The summed E-state index contributed by atoms with van der Waals surface area (Å²) in [6.45, 7) is 4.60. The molecule has 4 heteroatoms. The molecule has 3 N–H and O–H groups in total. The lowest BCUT2D eigenvalue weighted by Crippen LogP contribution is -2.49. The summed E-state index contributed by atoms with van der Waals surface area (Å²) < 4.78 is 0. The van der Waals surface area contributed by atoms with Gasteiger partial charge in [-0.1, -0.05) is 19.9 Å². The van der Waals surface area contributed by atoms with Crippen LogP contribution >= 0.6 is 0 Å². The highest BCUT2D eigenvalue weighted by atomic mass is 16.1. The fourth-order valence-electron chi connectivity index (χ4n) is 1.53. The van der Waals surface area contributed by atoms with Gasteiger partial charge in [0, 0.05) is 24.5 Å². The molecule has 0 saturated heterocycles. The molecule has 4 nitrogen and oxygen atoms in total. The van der Waals surface area contributed by atoms with E-state index in [1.165, 1.54) is 0 Å². The quantitative estimate of drug-likeness (QED) is 0.780. The average molecular weight is 235 g/mol. The monoisotopic (exact) mass is 235 g/mol. The molecule has 0 fully saturated rings. The summed E-state index contributed by atoms with van der Waals surface area (Å²) in [5.74, 6) is -0.00488. The van der Waals surface area contributed by atoms with Gasteiger partial charge in [-0.25, -0.2) is 0 Å². The van der Waals surface area contributed by atoms with Gasteiger partial charge in [0.1, 0.15) is 0 Å². The summed E-state index contributed by atoms with van der Waals surface area (Å²) in [6, 6.07) is 3.72. The zero-order valence-corrected chi connectivity index (χ0v) is 10.6. The molecule has 0 aliphatic carbocycles. The van der Waals surface area contributed by atoms with Gasteiger partial charge in [0.25, 0.3) is 0 Å². The zero-order chi connectivity index (χ0) is 12.7. The highest BCUT2D eigenvalue weighted by Gasteiger charge is 2.20. The second kappa shape index (κ2) is 6.35. The van der Waals surface area contributed by atoms with Crippen LogP contribution in [-0.4, -0.2) is 23.0 Å². The Morgan fingerprint density at radius 1 is 1.47 bits per heavy atom. The molecular weight excluding hydrogens is 214 g/mol. The molecule has 1 rings (SSSR count). The first kappa shape index (κ1) is 13.6. The van der Waals surface area contributed by atoms with Crippen molar-refractivity contribution in [3.05, 3.63) is 30.1 Å². The van der Waals surface area contributed by atoms with Gasteiger partial charge >= 0.3 is 0 Å². The number of nitrogens with zero attached hydrogens (tertiary/aromatic N) is 1. The number of hydrogen-bond donors (Lipinski definition) is 2. The molecule has 0 radical (unpaired) electrons. The van der Waals surface area contributed by atoms with Gasteiger partial charge in [-0.05, 0) is 24.5 Å². The molecule has 0 unspecified atom stereocenters. The van der Waals surface area contributed by atoms with Crippen molar-refractivity contribution in [1.29, 1.82) is 0 Å². The van der Waals surface area contributed by atoms with E-state index in [1.54, 1.807) is 12.4 Å². The van der Waals surface area contributed by atoms with Crippen molar-refractivity contribution in [1.82, 2.24) is 10.3 Å². The first-order valence-electron chi connectivity index (χ1n) is 6.04. The van der Waals surface area contributed by atoms with Crippen LogP contribution < -0.4 is 11.1 Å². The van der Waals surface area contributed by atoms with Crippen molar-refractivity contribution in [2.75, 3.05) is 6.54 Å².